The van der Waals surface area contributed by atoms with Crippen LogP contribution in [0.15, 0.2) is 53.6 Å². The maximum atomic E-state index is 5.39. The molecule has 0 fully saturated rings. The number of aryl methyl sites for hydroxylation is 1. The summed E-state index contributed by atoms with van der Waals surface area (Å²) < 4.78 is 12.6. The lowest BCUT2D eigenvalue weighted by atomic mass is 10.2. The summed E-state index contributed by atoms with van der Waals surface area (Å²) in [7, 11) is 0. The molecule has 2 aromatic carbocycles. The first kappa shape index (κ1) is 18.9. The van der Waals surface area contributed by atoms with Crippen molar-refractivity contribution in [2.24, 2.45) is 5.10 Å². The van der Waals surface area contributed by atoms with Gasteiger partial charge in [-0.3, -0.25) is 5.43 Å². The summed E-state index contributed by atoms with van der Waals surface area (Å²) in [4.78, 5) is 0. The van der Waals surface area contributed by atoms with Gasteiger partial charge in [-0.2, -0.15) is 10.2 Å². The number of benzene rings is 2. The quantitative estimate of drug-likeness (QED) is 0.384. The van der Waals surface area contributed by atoms with Crippen molar-refractivity contribution in [2.45, 2.75) is 20.4 Å². The molecule has 1 aliphatic rings. The Balaban J connectivity index is 1.35. The normalized spacial score (nSPS) is 12.3. The van der Waals surface area contributed by atoms with Crippen LogP contribution in [0.25, 0.3) is 5.69 Å². The number of aromatic nitrogens is 2. The first-order valence-corrected chi connectivity index (χ1v) is 9.60. The third kappa shape index (κ3) is 4.22. The standard InChI is InChI=1S/C21H21N5O2S/c1-14-18(15(2)26(25-14)17-6-4-3-5-7-17)12-23-24-21(29)22-11-16-8-9-19-20(10-16)28-13-27-19/h3-10,12H,11,13H2,1-2H3,(H2,22,24,29)/b23-12-. The van der Waals surface area contributed by atoms with Crippen LogP contribution in [0.5, 0.6) is 11.5 Å². The fraction of sp³-hybridized carbons (Fsp3) is 0.190. The van der Waals surface area contributed by atoms with Crippen molar-refractivity contribution < 1.29 is 9.47 Å². The van der Waals surface area contributed by atoms with E-state index < -0.39 is 0 Å². The van der Waals surface area contributed by atoms with Gasteiger partial charge in [-0.05, 0) is 55.9 Å². The van der Waals surface area contributed by atoms with E-state index in [1.165, 1.54) is 0 Å². The van der Waals surface area contributed by atoms with Gasteiger partial charge in [-0.1, -0.05) is 24.3 Å². The van der Waals surface area contributed by atoms with E-state index in [4.69, 9.17) is 21.7 Å². The molecule has 2 heterocycles. The Morgan fingerprint density at radius 1 is 1.17 bits per heavy atom. The molecule has 1 aliphatic heterocycles. The van der Waals surface area contributed by atoms with Crippen LogP contribution in [-0.2, 0) is 6.54 Å². The molecule has 0 spiro atoms. The summed E-state index contributed by atoms with van der Waals surface area (Å²) in [5, 5.41) is 12.4. The van der Waals surface area contributed by atoms with E-state index in [0.717, 1.165) is 39.7 Å². The number of ether oxygens (including phenoxy) is 2. The highest BCUT2D eigenvalue weighted by molar-refractivity contribution is 7.80. The second kappa shape index (κ2) is 8.32. The molecule has 0 saturated heterocycles. The molecule has 0 bridgehead atoms. The molecule has 29 heavy (non-hydrogen) atoms. The Labute approximate surface area is 174 Å². The molecule has 8 heteroatoms. The van der Waals surface area contributed by atoms with Crippen LogP contribution in [0.4, 0.5) is 0 Å². The zero-order chi connectivity index (χ0) is 20.2. The Morgan fingerprint density at radius 2 is 1.97 bits per heavy atom. The van der Waals surface area contributed by atoms with Crippen molar-refractivity contribution in [1.82, 2.24) is 20.5 Å². The average Bonchev–Trinajstić information content (AvgIpc) is 3.32. The molecular formula is C21H21N5O2S. The molecule has 0 unspecified atom stereocenters. The van der Waals surface area contributed by atoms with Gasteiger partial charge in [-0.25, -0.2) is 4.68 Å². The Hall–Kier alpha value is -3.39. The van der Waals surface area contributed by atoms with Gasteiger partial charge in [0.1, 0.15) is 0 Å². The molecule has 0 atom stereocenters. The fourth-order valence-corrected chi connectivity index (χ4v) is 3.22. The van der Waals surface area contributed by atoms with Crippen molar-refractivity contribution in [3.8, 4) is 17.2 Å². The first-order chi connectivity index (χ1) is 14.1. The summed E-state index contributed by atoms with van der Waals surface area (Å²) in [6.07, 6.45) is 1.74. The van der Waals surface area contributed by atoms with E-state index in [2.05, 4.69) is 20.9 Å². The van der Waals surface area contributed by atoms with Crippen molar-refractivity contribution in [2.75, 3.05) is 6.79 Å². The number of hydrogen-bond donors (Lipinski definition) is 2. The number of nitrogens with one attached hydrogen (secondary N) is 2. The van der Waals surface area contributed by atoms with E-state index in [9.17, 15) is 0 Å². The SMILES string of the molecule is Cc1nn(-c2ccccc2)c(C)c1/C=N\NC(=S)NCc1ccc2c(c1)OCO2. The van der Waals surface area contributed by atoms with Crippen LogP contribution in [-0.4, -0.2) is 27.9 Å². The number of thiocarbonyl (C=S) groups is 1. The van der Waals surface area contributed by atoms with E-state index in [-0.39, 0.29) is 6.79 Å². The molecule has 0 aliphatic carbocycles. The average molecular weight is 407 g/mol. The Kier molecular flexibility index (Phi) is 5.44. The van der Waals surface area contributed by atoms with E-state index >= 15 is 0 Å². The number of para-hydroxylation sites is 1. The largest absolute Gasteiger partial charge is 0.454 e. The summed E-state index contributed by atoms with van der Waals surface area (Å²) in [6, 6.07) is 15.8. The van der Waals surface area contributed by atoms with Crippen molar-refractivity contribution in [3.05, 3.63) is 71.0 Å². The summed E-state index contributed by atoms with van der Waals surface area (Å²) in [5.74, 6) is 1.52. The van der Waals surface area contributed by atoms with Gasteiger partial charge in [0.05, 0.1) is 23.3 Å². The Morgan fingerprint density at radius 3 is 2.79 bits per heavy atom. The summed E-state index contributed by atoms with van der Waals surface area (Å²) in [6.45, 7) is 4.80. The molecule has 1 aromatic heterocycles. The molecule has 4 rings (SSSR count). The highest BCUT2D eigenvalue weighted by Gasteiger charge is 2.13. The smallest absolute Gasteiger partial charge is 0.231 e. The summed E-state index contributed by atoms with van der Waals surface area (Å²) in [5.41, 5.74) is 7.78. The van der Waals surface area contributed by atoms with Crippen LogP contribution >= 0.6 is 12.2 Å². The molecule has 7 nitrogen and oxygen atoms in total. The minimum atomic E-state index is 0.264. The second-order valence-corrected chi connectivity index (χ2v) is 6.98. The number of hydrogen-bond acceptors (Lipinski definition) is 5. The number of nitrogens with zero attached hydrogens (tertiary/aromatic N) is 3. The maximum Gasteiger partial charge on any atom is 0.231 e. The van der Waals surface area contributed by atoms with Crippen molar-refractivity contribution >= 4 is 23.5 Å². The van der Waals surface area contributed by atoms with E-state index in [1.807, 2.05) is 67.1 Å². The molecule has 148 valence electrons. The predicted octanol–water partition coefficient (Wildman–Crippen LogP) is 3.22. The zero-order valence-electron chi connectivity index (χ0n) is 16.2. The van der Waals surface area contributed by atoms with Gasteiger partial charge in [0, 0.05) is 12.1 Å². The lowest BCUT2D eigenvalue weighted by Crippen LogP contribution is -2.31. The van der Waals surface area contributed by atoms with Crippen LogP contribution in [0.1, 0.15) is 22.5 Å². The minimum Gasteiger partial charge on any atom is -0.454 e. The third-order valence-corrected chi connectivity index (χ3v) is 4.83. The van der Waals surface area contributed by atoms with Gasteiger partial charge in [0.25, 0.3) is 0 Å². The van der Waals surface area contributed by atoms with Crippen LogP contribution in [0.2, 0.25) is 0 Å². The van der Waals surface area contributed by atoms with Crippen LogP contribution in [0, 0.1) is 13.8 Å². The zero-order valence-corrected chi connectivity index (χ0v) is 17.0. The highest BCUT2D eigenvalue weighted by Crippen LogP contribution is 2.32. The predicted molar refractivity (Wildman–Crippen MR) is 116 cm³/mol. The molecule has 0 saturated carbocycles. The highest BCUT2D eigenvalue weighted by atomic mass is 32.1. The monoisotopic (exact) mass is 407 g/mol. The van der Waals surface area contributed by atoms with Crippen molar-refractivity contribution in [1.29, 1.82) is 0 Å². The van der Waals surface area contributed by atoms with Gasteiger partial charge >= 0.3 is 0 Å². The number of fused-ring (bicyclic) bond motifs is 1. The van der Waals surface area contributed by atoms with E-state index in [0.29, 0.717) is 11.7 Å². The van der Waals surface area contributed by atoms with Gasteiger partial charge in [0.2, 0.25) is 6.79 Å². The van der Waals surface area contributed by atoms with E-state index in [1.54, 1.807) is 6.21 Å². The number of hydrazone groups is 1. The molecule has 0 radical (unpaired) electrons. The fourth-order valence-electron chi connectivity index (χ4n) is 3.09. The topological polar surface area (TPSA) is 72.7 Å². The number of rotatable bonds is 5. The van der Waals surface area contributed by atoms with Gasteiger partial charge in [0.15, 0.2) is 16.6 Å². The first-order valence-electron chi connectivity index (χ1n) is 9.19. The van der Waals surface area contributed by atoms with Gasteiger partial charge < -0.3 is 14.8 Å². The third-order valence-electron chi connectivity index (χ3n) is 4.60. The van der Waals surface area contributed by atoms with Crippen molar-refractivity contribution in [3.63, 3.8) is 0 Å². The Bertz CT molecular complexity index is 1060. The van der Waals surface area contributed by atoms with Crippen LogP contribution in [0.3, 0.4) is 0 Å². The summed E-state index contributed by atoms with van der Waals surface area (Å²) >= 11 is 5.30. The lowest BCUT2D eigenvalue weighted by Gasteiger charge is -2.07. The maximum absolute atomic E-state index is 5.39. The molecular weight excluding hydrogens is 386 g/mol. The minimum absolute atomic E-state index is 0.264. The second-order valence-electron chi connectivity index (χ2n) is 6.57. The van der Waals surface area contributed by atoms with Gasteiger partial charge in [-0.15, -0.1) is 0 Å². The lowest BCUT2D eigenvalue weighted by molar-refractivity contribution is 0.174. The molecule has 2 N–H and O–H groups in total. The molecule has 3 aromatic rings. The molecule has 0 amide bonds. The van der Waals surface area contributed by atoms with Crippen LogP contribution < -0.4 is 20.2 Å².